The Balaban J connectivity index is 1.94. The summed E-state index contributed by atoms with van der Waals surface area (Å²) >= 11 is 11.8. The molecular formula is C14H11Cl2N3O2. The largest absolute Gasteiger partial charge is 0.344 e. The molecule has 2 N–H and O–H groups in total. The second kappa shape index (κ2) is 7.06. The number of aromatic nitrogens is 1. The molecule has 0 spiro atoms. The third-order valence-corrected chi connectivity index (χ3v) is 3.43. The number of benzene rings is 1. The van der Waals surface area contributed by atoms with E-state index < -0.39 is 11.8 Å². The highest BCUT2D eigenvalue weighted by atomic mass is 35.5. The Bertz CT molecular complexity index is 663. The molecule has 2 amide bonds. The summed E-state index contributed by atoms with van der Waals surface area (Å²) in [7, 11) is 0. The molecule has 0 aliphatic carbocycles. The van der Waals surface area contributed by atoms with Gasteiger partial charge in [0.25, 0.3) is 0 Å². The van der Waals surface area contributed by atoms with Crippen LogP contribution in [0.1, 0.15) is 5.56 Å². The fourth-order valence-corrected chi connectivity index (χ4v) is 1.89. The van der Waals surface area contributed by atoms with Gasteiger partial charge in [-0.2, -0.15) is 0 Å². The summed E-state index contributed by atoms with van der Waals surface area (Å²) in [5.74, 6) is -1.57. The third-order valence-electron chi connectivity index (χ3n) is 2.61. The van der Waals surface area contributed by atoms with E-state index in [1.807, 2.05) is 0 Å². The monoisotopic (exact) mass is 323 g/mol. The quantitative estimate of drug-likeness (QED) is 0.853. The fourth-order valence-electron chi connectivity index (χ4n) is 1.54. The first-order chi connectivity index (χ1) is 10.1. The summed E-state index contributed by atoms with van der Waals surface area (Å²) in [5, 5.41) is 5.39. The Morgan fingerprint density at radius 3 is 2.48 bits per heavy atom. The van der Waals surface area contributed by atoms with Crippen LogP contribution in [0.25, 0.3) is 0 Å². The van der Waals surface area contributed by atoms with Crippen molar-refractivity contribution in [3.05, 3.63) is 58.3 Å². The summed E-state index contributed by atoms with van der Waals surface area (Å²) < 4.78 is 0. The molecule has 2 rings (SSSR count). The van der Waals surface area contributed by atoms with Crippen molar-refractivity contribution in [3.63, 3.8) is 0 Å². The van der Waals surface area contributed by atoms with Crippen molar-refractivity contribution in [2.45, 2.75) is 6.54 Å². The number of nitrogens with zero attached hydrogens (tertiary/aromatic N) is 1. The standard InChI is InChI=1S/C14H11Cl2N3O2/c15-10-2-1-3-11(12(10)16)19-14(21)13(20)18-8-9-4-6-17-7-5-9/h1-7H,8H2,(H,18,20)(H,19,21). The van der Waals surface area contributed by atoms with Crippen molar-refractivity contribution in [3.8, 4) is 0 Å². The summed E-state index contributed by atoms with van der Waals surface area (Å²) in [6.07, 6.45) is 3.21. The minimum atomic E-state index is -0.812. The van der Waals surface area contributed by atoms with Crippen LogP contribution in [0.5, 0.6) is 0 Å². The molecule has 0 fully saturated rings. The molecule has 2 aromatic rings. The van der Waals surface area contributed by atoms with Crippen LogP contribution in [-0.2, 0) is 16.1 Å². The van der Waals surface area contributed by atoms with E-state index in [4.69, 9.17) is 23.2 Å². The van der Waals surface area contributed by atoms with E-state index in [2.05, 4.69) is 15.6 Å². The minimum absolute atomic E-state index is 0.189. The van der Waals surface area contributed by atoms with Crippen molar-refractivity contribution in [1.29, 1.82) is 0 Å². The number of amides is 2. The van der Waals surface area contributed by atoms with Gasteiger partial charge in [0, 0.05) is 18.9 Å². The van der Waals surface area contributed by atoms with Crippen LogP contribution in [0.2, 0.25) is 10.0 Å². The van der Waals surface area contributed by atoms with Crippen LogP contribution in [0.15, 0.2) is 42.7 Å². The number of pyridine rings is 1. The van der Waals surface area contributed by atoms with Gasteiger partial charge < -0.3 is 10.6 Å². The lowest BCUT2D eigenvalue weighted by molar-refractivity contribution is -0.136. The molecule has 0 unspecified atom stereocenters. The summed E-state index contributed by atoms with van der Waals surface area (Å²) in [5.41, 5.74) is 1.13. The van der Waals surface area contributed by atoms with Crippen molar-refractivity contribution in [1.82, 2.24) is 10.3 Å². The highest BCUT2D eigenvalue weighted by molar-refractivity contribution is 6.45. The molecule has 1 aromatic carbocycles. The number of hydrogen-bond acceptors (Lipinski definition) is 3. The van der Waals surface area contributed by atoms with Crippen LogP contribution in [0.3, 0.4) is 0 Å². The molecule has 0 aliphatic heterocycles. The minimum Gasteiger partial charge on any atom is -0.344 e. The van der Waals surface area contributed by atoms with Crippen LogP contribution in [0.4, 0.5) is 5.69 Å². The van der Waals surface area contributed by atoms with Crippen molar-refractivity contribution in [2.24, 2.45) is 0 Å². The molecule has 1 heterocycles. The molecule has 1 aromatic heterocycles. The van der Waals surface area contributed by atoms with E-state index >= 15 is 0 Å². The highest BCUT2D eigenvalue weighted by Crippen LogP contribution is 2.29. The Morgan fingerprint density at radius 2 is 1.76 bits per heavy atom. The Hall–Kier alpha value is -2.11. The second-order valence-corrected chi connectivity index (χ2v) is 4.88. The van der Waals surface area contributed by atoms with Gasteiger partial charge in [-0.25, -0.2) is 0 Å². The lowest BCUT2D eigenvalue weighted by Gasteiger charge is -2.08. The molecule has 0 saturated heterocycles. The van der Waals surface area contributed by atoms with Crippen LogP contribution < -0.4 is 10.6 Å². The number of anilines is 1. The zero-order chi connectivity index (χ0) is 15.2. The Labute approximate surface area is 131 Å². The van der Waals surface area contributed by atoms with Gasteiger partial charge in [-0.05, 0) is 29.8 Å². The zero-order valence-corrected chi connectivity index (χ0v) is 12.3. The summed E-state index contributed by atoms with van der Waals surface area (Å²) in [6.45, 7) is 0.234. The predicted octanol–water partition coefficient (Wildman–Crippen LogP) is 2.64. The average Bonchev–Trinajstić information content (AvgIpc) is 2.50. The van der Waals surface area contributed by atoms with Gasteiger partial charge >= 0.3 is 11.8 Å². The fraction of sp³-hybridized carbons (Fsp3) is 0.0714. The number of carbonyl (C=O) groups is 2. The maximum Gasteiger partial charge on any atom is 0.313 e. The summed E-state index contributed by atoms with van der Waals surface area (Å²) in [6, 6.07) is 8.25. The van der Waals surface area contributed by atoms with Gasteiger partial charge in [0.1, 0.15) is 0 Å². The van der Waals surface area contributed by atoms with E-state index in [1.165, 1.54) is 0 Å². The Morgan fingerprint density at radius 1 is 1.05 bits per heavy atom. The predicted molar refractivity (Wildman–Crippen MR) is 81.2 cm³/mol. The maximum atomic E-state index is 11.8. The first-order valence-electron chi connectivity index (χ1n) is 6.00. The second-order valence-electron chi connectivity index (χ2n) is 4.09. The number of halogens is 2. The number of nitrogens with one attached hydrogen (secondary N) is 2. The van der Waals surface area contributed by atoms with E-state index in [0.29, 0.717) is 5.02 Å². The molecule has 0 aliphatic rings. The smallest absolute Gasteiger partial charge is 0.313 e. The SMILES string of the molecule is O=C(NCc1ccncc1)C(=O)Nc1cccc(Cl)c1Cl. The topological polar surface area (TPSA) is 71.1 Å². The molecular weight excluding hydrogens is 313 g/mol. The molecule has 0 atom stereocenters. The molecule has 0 saturated carbocycles. The number of carbonyl (C=O) groups excluding carboxylic acids is 2. The van der Waals surface area contributed by atoms with Gasteiger partial charge in [-0.1, -0.05) is 29.3 Å². The maximum absolute atomic E-state index is 11.8. The first kappa shape index (κ1) is 15.3. The van der Waals surface area contributed by atoms with Crippen LogP contribution in [-0.4, -0.2) is 16.8 Å². The zero-order valence-electron chi connectivity index (χ0n) is 10.8. The molecule has 5 nitrogen and oxygen atoms in total. The highest BCUT2D eigenvalue weighted by Gasteiger charge is 2.15. The summed E-state index contributed by atoms with van der Waals surface area (Å²) in [4.78, 5) is 27.3. The van der Waals surface area contributed by atoms with Gasteiger partial charge in [0.15, 0.2) is 0 Å². The molecule has 0 radical (unpaired) electrons. The first-order valence-corrected chi connectivity index (χ1v) is 6.75. The van der Waals surface area contributed by atoms with Crippen LogP contribution in [0, 0.1) is 0 Å². The molecule has 108 valence electrons. The van der Waals surface area contributed by atoms with Crippen molar-refractivity contribution < 1.29 is 9.59 Å². The van der Waals surface area contributed by atoms with Crippen molar-refractivity contribution in [2.75, 3.05) is 5.32 Å². The molecule has 21 heavy (non-hydrogen) atoms. The van der Waals surface area contributed by atoms with E-state index in [9.17, 15) is 9.59 Å². The normalized spacial score (nSPS) is 10.0. The van der Waals surface area contributed by atoms with E-state index in [-0.39, 0.29) is 17.3 Å². The number of hydrogen-bond donors (Lipinski definition) is 2. The van der Waals surface area contributed by atoms with Gasteiger partial charge in [-0.3, -0.25) is 14.6 Å². The average molecular weight is 324 g/mol. The van der Waals surface area contributed by atoms with Gasteiger partial charge in [0.05, 0.1) is 15.7 Å². The van der Waals surface area contributed by atoms with Gasteiger partial charge in [-0.15, -0.1) is 0 Å². The van der Waals surface area contributed by atoms with E-state index in [1.54, 1.807) is 42.7 Å². The lowest BCUT2D eigenvalue weighted by Crippen LogP contribution is -2.35. The molecule has 0 bridgehead atoms. The van der Waals surface area contributed by atoms with Crippen LogP contribution >= 0.6 is 23.2 Å². The van der Waals surface area contributed by atoms with Crippen molar-refractivity contribution >= 4 is 40.7 Å². The third kappa shape index (κ3) is 4.18. The number of rotatable bonds is 3. The van der Waals surface area contributed by atoms with E-state index in [0.717, 1.165) is 5.56 Å². The van der Waals surface area contributed by atoms with Gasteiger partial charge in [0.2, 0.25) is 0 Å². The Kier molecular flexibility index (Phi) is 5.14. The molecule has 7 heteroatoms. The lowest BCUT2D eigenvalue weighted by atomic mass is 10.2.